The highest BCUT2D eigenvalue weighted by molar-refractivity contribution is 7.89. The molecular weight excluding hydrogens is 400 g/mol. The lowest BCUT2D eigenvalue weighted by Gasteiger charge is -2.14. The lowest BCUT2D eigenvalue weighted by atomic mass is 10.2. The van der Waals surface area contributed by atoms with Crippen molar-refractivity contribution in [2.45, 2.75) is 24.5 Å². The number of primary amides is 1. The molecule has 0 fully saturated rings. The van der Waals surface area contributed by atoms with E-state index in [9.17, 15) is 18.0 Å². The average Bonchev–Trinajstić information content (AvgIpc) is 2.70. The predicted molar refractivity (Wildman–Crippen MR) is 104 cm³/mol. The van der Waals surface area contributed by atoms with E-state index in [1.807, 2.05) is 0 Å². The largest absolute Gasteiger partial charge is 0.497 e. The van der Waals surface area contributed by atoms with Crippen LogP contribution >= 0.6 is 0 Å². The first kappa shape index (κ1) is 22.2. The van der Waals surface area contributed by atoms with Gasteiger partial charge in [-0.1, -0.05) is 12.1 Å². The summed E-state index contributed by atoms with van der Waals surface area (Å²) in [4.78, 5) is 22.9. The molecule has 0 heterocycles. The minimum absolute atomic E-state index is 0.00255. The van der Waals surface area contributed by atoms with Gasteiger partial charge in [-0.15, -0.1) is 0 Å². The maximum atomic E-state index is 12.4. The third kappa shape index (κ3) is 6.77. The van der Waals surface area contributed by atoms with Crippen LogP contribution in [-0.4, -0.2) is 40.1 Å². The number of sulfonamides is 1. The number of methoxy groups -OCH3 is 1. The quantitative estimate of drug-likeness (QED) is 0.545. The van der Waals surface area contributed by atoms with Crippen molar-refractivity contribution < 1.29 is 32.2 Å². The second-order valence-electron chi connectivity index (χ2n) is 6.03. The Balaban J connectivity index is 1.93. The number of nitrogens with one attached hydrogen (secondary N) is 1. The number of hydrogen-bond acceptors (Lipinski definition) is 7. The minimum Gasteiger partial charge on any atom is -0.497 e. The van der Waals surface area contributed by atoms with Crippen LogP contribution in [0.2, 0.25) is 0 Å². The minimum atomic E-state index is -3.90. The number of esters is 1. The van der Waals surface area contributed by atoms with Gasteiger partial charge in [0.05, 0.1) is 12.0 Å². The third-order valence-electron chi connectivity index (χ3n) is 3.72. The molecule has 156 valence electrons. The topological polar surface area (TPSA) is 134 Å². The Kier molecular flexibility index (Phi) is 7.57. The summed E-state index contributed by atoms with van der Waals surface area (Å²) in [5, 5.41) is 0. The molecule has 0 aromatic heterocycles. The summed E-state index contributed by atoms with van der Waals surface area (Å²) in [6.45, 7) is 1.02. The number of carbonyl (C=O) groups is 2. The second kappa shape index (κ2) is 9.89. The zero-order valence-electron chi connectivity index (χ0n) is 16.0. The molecule has 0 spiro atoms. The van der Waals surface area contributed by atoms with Crippen molar-refractivity contribution in [3.05, 3.63) is 54.1 Å². The van der Waals surface area contributed by atoms with E-state index in [-0.39, 0.29) is 18.1 Å². The molecule has 0 unspecified atom stereocenters. The van der Waals surface area contributed by atoms with E-state index in [4.69, 9.17) is 19.9 Å². The Hall–Kier alpha value is -3.11. The number of carbonyl (C=O) groups excluding carboxylic acids is 2. The summed E-state index contributed by atoms with van der Waals surface area (Å²) in [5.74, 6) is -0.450. The molecule has 0 saturated carbocycles. The summed E-state index contributed by atoms with van der Waals surface area (Å²) in [7, 11) is -2.43. The van der Waals surface area contributed by atoms with Crippen LogP contribution in [0.1, 0.15) is 12.5 Å². The van der Waals surface area contributed by atoms with Crippen LogP contribution in [-0.2, 0) is 31.0 Å². The highest BCUT2D eigenvalue weighted by Gasteiger charge is 2.23. The van der Waals surface area contributed by atoms with E-state index in [0.29, 0.717) is 17.1 Å². The Morgan fingerprint density at radius 2 is 1.79 bits per heavy atom. The number of amides is 1. The van der Waals surface area contributed by atoms with Crippen LogP contribution in [0.25, 0.3) is 0 Å². The summed E-state index contributed by atoms with van der Waals surface area (Å²) in [5.41, 5.74) is 5.62. The smallest absolute Gasteiger partial charge is 0.324 e. The van der Waals surface area contributed by atoms with Crippen molar-refractivity contribution in [3.63, 3.8) is 0 Å². The highest BCUT2D eigenvalue weighted by atomic mass is 32.2. The average molecular weight is 422 g/mol. The lowest BCUT2D eigenvalue weighted by molar-refractivity contribution is -0.146. The fourth-order valence-electron chi connectivity index (χ4n) is 2.26. The molecule has 0 bridgehead atoms. The Morgan fingerprint density at radius 1 is 1.10 bits per heavy atom. The van der Waals surface area contributed by atoms with Gasteiger partial charge in [0.1, 0.15) is 24.1 Å². The molecule has 3 N–H and O–H groups in total. The molecule has 1 atom stereocenters. The van der Waals surface area contributed by atoms with Gasteiger partial charge >= 0.3 is 5.97 Å². The Morgan fingerprint density at radius 3 is 2.41 bits per heavy atom. The fourth-order valence-corrected chi connectivity index (χ4v) is 3.45. The first-order chi connectivity index (χ1) is 13.7. The van der Waals surface area contributed by atoms with Crippen molar-refractivity contribution in [2.24, 2.45) is 5.73 Å². The molecule has 2 rings (SSSR count). The highest BCUT2D eigenvalue weighted by Crippen LogP contribution is 2.16. The van der Waals surface area contributed by atoms with Gasteiger partial charge in [0.2, 0.25) is 10.0 Å². The van der Waals surface area contributed by atoms with Crippen molar-refractivity contribution in [2.75, 3.05) is 13.7 Å². The molecule has 9 nitrogen and oxygen atoms in total. The van der Waals surface area contributed by atoms with Gasteiger partial charge in [-0.2, -0.15) is 4.72 Å². The molecule has 0 radical (unpaired) electrons. The van der Waals surface area contributed by atoms with Gasteiger partial charge in [-0.3, -0.25) is 9.59 Å². The normalized spacial score (nSPS) is 12.1. The van der Waals surface area contributed by atoms with E-state index < -0.39 is 27.9 Å². The number of benzene rings is 2. The summed E-state index contributed by atoms with van der Waals surface area (Å²) >= 11 is 0. The van der Waals surface area contributed by atoms with Crippen molar-refractivity contribution in [1.82, 2.24) is 4.72 Å². The molecule has 0 aliphatic heterocycles. The molecule has 0 aliphatic rings. The van der Waals surface area contributed by atoms with Crippen LogP contribution in [0.4, 0.5) is 0 Å². The van der Waals surface area contributed by atoms with Crippen molar-refractivity contribution in [3.8, 4) is 11.5 Å². The van der Waals surface area contributed by atoms with Gasteiger partial charge < -0.3 is 19.9 Å². The van der Waals surface area contributed by atoms with Gasteiger partial charge in [0.25, 0.3) is 5.91 Å². The fraction of sp³-hybridized carbons (Fsp3) is 0.263. The zero-order valence-corrected chi connectivity index (χ0v) is 16.8. The Labute approximate surface area is 168 Å². The second-order valence-corrected chi connectivity index (χ2v) is 7.74. The molecule has 2 aromatic carbocycles. The molecule has 0 saturated heterocycles. The van der Waals surface area contributed by atoms with E-state index in [0.717, 1.165) is 0 Å². The number of nitrogens with two attached hydrogens (primary N) is 1. The van der Waals surface area contributed by atoms with Crippen molar-refractivity contribution in [1.29, 1.82) is 0 Å². The summed E-state index contributed by atoms with van der Waals surface area (Å²) in [6.07, 6.45) is 0. The van der Waals surface area contributed by atoms with Crippen LogP contribution in [0.3, 0.4) is 0 Å². The van der Waals surface area contributed by atoms with E-state index in [1.165, 1.54) is 38.3 Å². The Bertz CT molecular complexity index is 959. The van der Waals surface area contributed by atoms with Gasteiger partial charge in [-0.05, 0) is 48.9 Å². The lowest BCUT2D eigenvalue weighted by Crippen LogP contribution is -2.39. The van der Waals surface area contributed by atoms with Crippen molar-refractivity contribution >= 4 is 21.9 Å². The molecule has 2 aromatic rings. The molecule has 1 amide bonds. The van der Waals surface area contributed by atoms with Crippen LogP contribution in [0, 0.1) is 0 Å². The summed E-state index contributed by atoms with van der Waals surface area (Å²) < 4.78 is 42.4. The number of hydrogen-bond donors (Lipinski definition) is 2. The molecule has 0 aliphatic carbocycles. The van der Waals surface area contributed by atoms with Gasteiger partial charge in [0, 0.05) is 0 Å². The van der Waals surface area contributed by atoms with Crippen LogP contribution in [0.15, 0.2) is 53.4 Å². The van der Waals surface area contributed by atoms with E-state index in [1.54, 1.807) is 24.3 Å². The number of ether oxygens (including phenoxy) is 3. The van der Waals surface area contributed by atoms with E-state index in [2.05, 4.69) is 4.72 Å². The molecule has 29 heavy (non-hydrogen) atoms. The maximum absolute atomic E-state index is 12.4. The summed E-state index contributed by atoms with van der Waals surface area (Å²) in [6, 6.07) is 11.2. The monoisotopic (exact) mass is 422 g/mol. The van der Waals surface area contributed by atoms with Crippen LogP contribution < -0.4 is 19.9 Å². The first-order valence-corrected chi connectivity index (χ1v) is 10.0. The molecule has 10 heteroatoms. The third-order valence-corrected chi connectivity index (χ3v) is 5.27. The van der Waals surface area contributed by atoms with E-state index >= 15 is 0 Å². The number of rotatable bonds is 10. The molecular formula is C19H22N2O7S. The van der Waals surface area contributed by atoms with Crippen LogP contribution in [0.5, 0.6) is 11.5 Å². The first-order valence-electron chi connectivity index (χ1n) is 8.54. The predicted octanol–water partition coefficient (Wildman–Crippen LogP) is 0.969. The zero-order chi connectivity index (χ0) is 21.4. The van der Waals surface area contributed by atoms with Gasteiger partial charge in [0.15, 0.2) is 6.61 Å². The van der Waals surface area contributed by atoms with Gasteiger partial charge in [-0.25, -0.2) is 8.42 Å². The SMILES string of the molecule is COc1ccc(S(=O)(=O)N[C@@H](C)C(=O)OCc2cccc(OCC(N)=O)c2)cc1. The standard InChI is InChI=1S/C19H22N2O7S/c1-13(21-29(24,25)17-8-6-15(26-2)7-9-17)19(23)28-11-14-4-3-5-16(10-14)27-12-18(20)22/h3-10,13,21H,11-12H2,1-2H3,(H2,20,22)/t13-/m0/s1. The maximum Gasteiger partial charge on any atom is 0.324 e.